The molecular weight excluding hydrogens is 497 g/mol. The number of nitrogens with one attached hydrogen (secondary N) is 2. The zero-order valence-electron chi connectivity index (χ0n) is 21.1. The van der Waals surface area contributed by atoms with Crippen LogP contribution < -0.4 is 10.6 Å². The molecule has 4 aromatic rings. The summed E-state index contributed by atoms with van der Waals surface area (Å²) in [4.78, 5) is 40.5. The Morgan fingerprint density at radius 1 is 0.821 bits per heavy atom. The molecule has 7 nitrogen and oxygen atoms in total. The highest BCUT2D eigenvalue weighted by atomic mass is 19.1. The second kappa shape index (κ2) is 11.2. The van der Waals surface area contributed by atoms with Gasteiger partial charge in [0.15, 0.2) is 12.1 Å². The second-order valence-electron chi connectivity index (χ2n) is 9.27. The first-order chi connectivity index (χ1) is 18.9. The van der Waals surface area contributed by atoms with E-state index in [1.54, 1.807) is 42.5 Å². The van der Waals surface area contributed by atoms with Crippen LogP contribution in [0.25, 0.3) is 0 Å². The molecule has 5 rings (SSSR count). The minimum Gasteiger partial charge on any atom is -0.438 e. The number of hydrogen-bond acceptors (Lipinski definition) is 4. The number of nitrogens with zero attached hydrogens (tertiary/aromatic N) is 1. The minimum atomic E-state index is -0.946. The molecule has 8 heteroatoms. The third-order valence-corrected chi connectivity index (χ3v) is 6.48. The van der Waals surface area contributed by atoms with E-state index in [1.165, 1.54) is 23.1 Å². The summed E-state index contributed by atoms with van der Waals surface area (Å²) >= 11 is 0. The van der Waals surface area contributed by atoms with Crippen molar-refractivity contribution in [1.29, 1.82) is 0 Å². The topological polar surface area (TPSA) is 87.7 Å². The van der Waals surface area contributed by atoms with Crippen molar-refractivity contribution in [3.63, 3.8) is 0 Å². The van der Waals surface area contributed by atoms with Gasteiger partial charge in [-0.05, 0) is 54.4 Å². The maximum Gasteiger partial charge on any atom is 0.411 e. The first-order valence-corrected chi connectivity index (χ1v) is 12.4. The molecule has 1 heterocycles. The summed E-state index contributed by atoms with van der Waals surface area (Å²) in [6.45, 7) is 2.17. The first kappa shape index (κ1) is 25.7. The van der Waals surface area contributed by atoms with E-state index in [0.717, 1.165) is 11.1 Å². The van der Waals surface area contributed by atoms with E-state index < -0.39 is 30.0 Å². The van der Waals surface area contributed by atoms with Crippen molar-refractivity contribution >= 4 is 29.3 Å². The Morgan fingerprint density at radius 2 is 1.46 bits per heavy atom. The monoisotopic (exact) mass is 523 g/mol. The zero-order valence-corrected chi connectivity index (χ0v) is 21.1. The van der Waals surface area contributed by atoms with Crippen molar-refractivity contribution < 1.29 is 23.5 Å². The number of hydrogen-bond donors (Lipinski definition) is 2. The number of rotatable bonds is 7. The van der Waals surface area contributed by atoms with Gasteiger partial charge < -0.3 is 15.4 Å². The molecule has 0 saturated carbocycles. The van der Waals surface area contributed by atoms with Gasteiger partial charge in [0.1, 0.15) is 5.82 Å². The smallest absolute Gasteiger partial charge is 0.411 e. The van der Waals surface area contributed by atoms with Crippen molar-refractivity contribution in [2.75, 3.05) is 10.6 Å². The van der Waals surface area contributed by atoms with Crippen LogP contribution in [0.3, 0.4) is 0 Å². The van der Waals surface area contributed by atoms with Gasteiger partial charge in [0, 0.05) is 11.4 Å². The molecule has 0 spiro atoms. The molecule has 39 heavy (non-hydrogen) atoms. The third-order valence-electron chi connectivity index (χ3n) is 6.48. The summed E-state index contributed by atoms with van der Waals surface area (Å²) in [5.41, 5.74) is 3.48. The summed E-state index contributed by atoms with van der Waals surface area (Å²) in [5, 5.41) is 5.55. The van der Waals surface area contributed by atoms with Gasteiger partial charge in [-0.3, -0.25) is 14.5 Å². The average Bonchev–Trinajstić information content (AvgIpc) is 3.26. The van der Waals surface area contributed by atoms with Gasteiger partial charge in [-0.1, -0.05) is 72.3 Å². The Morgan fingerprint density at radius 3 is 2.15 bits per heavy atom. The Hall–Kier alpha value is -4.98. The lowest BCUT2D eigenvalue weighted by atomic mass is 10.00. The number of ether oxygens (including phenoxy) is 1. The standard InChI is InChI=1S/C31H26FN3O4/c1-20-11-13-21(14-12-20)19-35-27(30(37)34-23-7-3-2-4-8-23)28(39-31(35)38)22-15-17-24(18-16-22)33-29(36)25-9-5-6-10-26(25)32/h2-18,27-28H,19H2,1H3,(H,33,36)(H,34,37)/t27-,28-/m1/s1. The number of carbonyl (C=O) groups is 3. The number of carbonyl (C=O) groups excluding carboxylic acids is 3. The molecule has 0 bridgehead atoms. The van der Waals surface area contributed by atoms with Crippen LogP contribution in [0.5, 0.6) is 0 Å². The predicted octanol–water partition coefficient (Wildman–Crippen LogP) is 6.09. The van der Waals surface area contributed by atoms with Crippen molar-refractivity contribution in [2.45, 2.75) is 25.6 Å². The van der Waals surface area contributed by atoms with Crippen LogP contribution in [-0.2, 0) is 16.1 Å². The number of halogens is 1. The molecule has 1 saturated heterocycles. The van der Waals surface area contributed by atoms with Gasteiger partial charge >= 0.3 is 6.09 Å². The fourth-order valence-corrected chi connectivity index (χ4v) is 4.44. The van der Waals surface area contributed by atoms with Crippen LogP contribution in [0.15, 0.2) is 103 Å². The zero-order chi connectivity index (χ0) is 27.4. The Balaban J connectivity index is 1.39. The van der Waals surface area contributed by atoms with Crippen LogP contribution in [0, 0.1) is 12.7 Å². The molecule has 0 unspecified atom stereocenters. The lowest BCUT2D eigenvalue weighted by molar-refractivity contribution is -0.121. The maximum absolute atomic E-state index is 14.0. The summed E-state index contributed by atoms with van der Waals surface area (Å²) in [6, 6.07) is 28.1. The molecule has 196 valence electrons. The van der Waals surface area contributed by atoms with Gasteiger partial charge in [0.25, 0.3) is 11.8 Å². The Bertz CT molecular complexity index is 1490. The molecule has 1 aliphatic rings. The average molecular weight is 524 g/mol. The van der Waals surface area contributed by atoms with Gasteiger partial charge in [0.05, 0.1) is 12.1 Å². The highest BCUT2D eigenvalue weighted by Gasteiger charge is 2.47. The number of benzene rings is 4. The molecule has 1 fully saturated rings. The van der Waals surface area contributed by atoms with Crippen LogP contribution in [0.4, 0.5) is 20.6 Å². The predicted molar refractivity (Wildman–Crippen MR) is 146 cm³/mol. The highest BCUT2D eigenvalue weighted by Crippen LogP contribution is 2.35. The largest absolute Gasteiger partial charge is 0.438 e. The SMILES string of the molecule is Cc1ccc(CN2C(=O)O[C@H](c3ccc(NC(=O)c4ccccc4F)cc3)[C@@H]2C(=O)Nc2ccccc2)cc1. The highest BCUT2D eigenvalue weighted by molar-refractivity contribution is 6.04. The molecule has 0 aromatic heterocycles. The van der Waals surface area contributed by atoms with Crippen LogP contribution in [0.1, 0.15) is 33.2 Å². The van der Waals surface area contributed by atoms with Gasteiger partial charge in [0.2, 0.25) is 0 Å². The van der Waals surface area contributed by atoms with Crippen LogP contribution in [-0.4, -0.2) is 28.8 Å². The van der Waals surface area contributed by atoms with Gasteiger partial charge in [-0.25, -0.2) is 9.18 Å². The van der Waals surface area contributed by atoms with Crippen LogP contribution in [0.2, 0.25) is 0 Å². The summed E-state index contributed by atoms with van der Waals surface area (Å²) < 4.78 is 19.7. The maximum atomic E-state index is 14.0. The van der Waals surface area contributed by atoms with E-state index in [9.17, 15) is 18.8 Å². The second-order valence-corrected chi connectivity index (χ2v) is 9.27. The van der Waals surface area contributed by atoms with Gasteiger partial charge in [-0.2, -0.15) is 0 Å². The summed E-state index contributed by atoms with van der Waals surface area (Å²) in [6.07, 6.45) is -1.49. The first-order valence-electron chi connectivity index (χ1n) is 12.4. The molecule has 2 N–H and O–H groups in total. The molecular formula is C31H26FN3O4. The van der Waals surface area contributed by atoms with E-state index in [1.807, 2.05) is 49.4 Å². The number of cyclic esters (lactones) is 1. The molecule has 1 aliphatic heterocycles. The van der Waals surface area contributed by atoms with E-state index in [4.69, 9.17) is 4.74 Å². The number of aryl methyl sites for hydroxylation is 1. The van der Waals surface area contributed by atoms with Crippen molar-refractivity contribution in [2.24, 2.45) is 0 Å². The normalized spacial score (nSPS) is 16.5. The minimum absolute atomic E-state index is 0.0734. The van der Waals surface area contributed by atoms with E-state index in [-0.39, 0.29) is 18.0 Å². The molecule has 2 atom stereocenters. The number of amides is 3. The lowest BCUT2D eigenvalue weighted by Crippen LogP contribution is -2.43. The van der Waals surface area contributed by atoms with E-state index >= 15 is 0 Å². The van der Waals surface area contributed by atoms with Crippen molar-refractivity contribution in [3.05, 3.63) is 131 Å². The fourth-order valence-electron chi connectivity index (χ4n) is 4.44. The Labute approximate surface area is 225 Å². The lowest BCUT2D eigenvalue weighted by Gasteiger charge is -2.24. The Kier molecular flexibility index (Phi) is 7.36. The molecule has 3 amide bonds. The van der Waals surface area contributed by atoms with E-state index in [2.05, 4.69) is 10.6 Å². The van der Waals surface area contributed by atoms with Crippen LogP contribution >= 0.6 is 0 Å². The fraction of sp³-hybridized carbons (Fsp3) is 0.129. The quantitative estimate of drug-likeness (QED) is 0.307. The number of anilines is 2. The van der Waals surface area contributed by atoms with E-state index in [0.29, 0.717) is 16.9 Å². The van der Waals surface area contributed by atoms with Crippen molar-refractivity contribution in [3.8, 4) is 0 Å². The summed E-state index contributed by atoms with van der Waals surface area (Å²) in [5.74, 6) is -1.59. The van der Waals surface area contributed by atoms with Crippen molar-refractivity contribution in [1.82, 2.24) is 4.90 Å². The molecule has 0 aliphatic carbocycles. The molecule has 0 radical (unpaired) electrons. The number of para-hydroxylation sites is 1. The van der Waals surface area contributed by atoms with Gasteiger partial charge in [-0.15, -0.1) is 0 Å². The molecule has 4 aromatic carbocycles. The summed E-state index contributed by atoms with van der Waals surface area (Å²) in [7, 11) is 0. The third kappa shape index (κ3) is 5.80.